The van der Waals surface area contributed by atoms with Crippen molar-refractivity contribution < 1.29 is 0 Å². The summed E-state index contributed by atoms with van der Waals surface area (Å²) in [6.07, 6.45) is 9.18. The van der Waals surface area contributed by atoms with Gasteiger partial charge in [0.05, 0.1) is 11.0 Å². The van der Waals surface area contributed by atoms with Gasteiger partial charge in [-0.05, 0) is 83.1 Å². The SMILES string of the molecule is C=C/C(=C\C=C/C)n1c2ccccc2c2cc(-c3ccc4c(c3)-c3ccccc3C4)ccc21. The minimum atomic E-state index is 1.03. The molecule has 0 amide bonds. The predicted molar refractivity (Wildman–Crippen MR) is 142 cm³/mol. The lowest BCUT2D eigenvalue weighted by molar-refractivity contribution is 1.24. The summed E-state index contributed by atoms with van der Waals surface area (Å²) in [4.78, 5) is 0. The molecule has 5 aromatic rings. The Bertz CT molecular complexity index is 1610. The lowest BCUT2D eigenvalue weighted by Crippen LogP contribution is -1.93. The van der Waals surface area contributed by atoms with Gasteiger partial charge in [0, 0.05) is 16.5 Å². The normalized spacial score (nSPS) is 13.1. The first-order valence-corrected chi connectivity index (χ1v) is 11.5. The van der Waals surface area contributed by atoms with E-state index in [9.17, 15) is 0 Å². The number of hydrogen-bond acceptors (Lipinski definition) is 0. The van der Waals surface area contributed by atoms with Crippen LogP contribution < -0.4 is 0 Å². The van der Waals surface area contributed by atoms with Gasteiger partial charge in [0.2, 0.25) is 0 Å². The van der Waals surface area contributed by atoms with Crippen molar-refractivity contribution in [1.29, 1.82) is 0 Å². The summed E-state index contributed by atoms with van der Waals surface area (Å²) >= 11 is 0. The molecule has 0 unspecified atom stereocenters. The van der Waals surface area contributed by atoms with Gasteiger partial charge >= 0.3 is 0 Å². The van der Waals surface area contributed by atoms with Crippen LogP contribution in [0, 0.1) is 0 Å². The highest BCUT2D eigenvalue weighted by molar-refractivity contribution is 6.11. The minimum absolute atomic E-state index is 1.03. The molecule has 1 aromatic heterocycles. The van der Waals surface area contributed by atoms with Gasteiger partial charge in [-0.25, -0.2) is 0 Å². The van der Waals surface area contributed by atoms with E-state index in [2.05, 4.69) is 108 Å². The smallest absolute Gasteiger partial charge is 0.0541 e. The van der Waals surface area contributed by atoms with Crippen LogP contribution in [-0.4, -0.2) is 4.57 Å². The van der Waals surface area contributed by atoms with Crippen molar-refractivity contribution in [3.8, 4) is 22.3 Å². The average molecular weight is 424 g/mol. The van der Waals surface area contributed by atoms with Crippen molar-refractivity contribution in [1.82, 2.24) is 4.57 Å². The minimum Gasteiger partial charge on any atom is -0.309 e. The largest absolute Gasteiger partial charge is 0.309 e. The second kappa shape index (κ2) is 7.79. The number of benzene rings is 4. The van der Waals surface area contributed by atoms with Gasteiger partial charge in [-0.2, -0.15) is 0 Å². The van der Waals surface area contributed by atoms with E-state index in [1.165, 1.54) is 55.2 Å². The van der Waals surface area contributed by atoms with Crippen LogP contribution in [0.2, 0.25) is 0 Å². The molecular formula is C32H25N. The third kappa shape index (κ3) is 3.08. The Morgan fingerprint density at radius 1 is 0.758 bits per heavy atom. The summed E-state index contributed by atoms with van der Waals surface area (Å²) in [5.41, 5.74) is 11.6. The first-order chi connectivity index (χ1) is 16.3. The van der Waals surface area contributed by atoms with E-state index in [0.29, 0.717) is 0 Å². The van der Waals surface area contributed by atoms with Gasteiger partial charge in [-0.1, -0.05) is 79.4 Å². The van der Waals surface area contributed by atoms with E-state index in [1.54, 1.807) is 0 Å². The average Bonchev–Trinajstić information content (AvgIpc) is 3.40. The summed E-state index contributed by atoms with van der Waals surface area (Å²) < 4.78 is 2.31. The number of hydrogen-bond donors (Lipinski definition) is 0. The zero-order valence-electron chi connectivity index (χ0n) is 18.8. The molecule has 0 bridgehead atoms. The van der Waals surface area contributed by atoms with Crippen molar-refractivity contribution in [2.45, 2.75) is 13.3 Å². The molecule has 0 saturated heterocycles. The third-order valence-electron chi connectivity index (χ3n) is 6.73. The van der Waals surface area contributed by atoms with Gasteiger partial charge in [-0.15, -0.1) is 0 Å². The van der Waals surface area contributed by atoms with Crippen LogP contribution >= 0.6 is 0 Å². The molecule has 1 aliphatic carbocycles. The van der Waals surface area contributed by atoms with Crippen molar-refractivity contribution in [2.75, 3.05) is 0 Å². The molecule has 0 spiro atoms. The number of rotatable bonds is 4. The molecule has 0 saturated carbocycles. The maximum absolute atomic E-state index is 4.08. The Hall–Kier alpha value is -4.10. The van der Waals surface area contributed by atoms with Crippen LogP contribution in [0.5, 0.6) is 0 Å². The fraction of sp³-hybridized carbons (Fsp3) is 0.0625. The number of allylic oxidation sites excluding steroid dienone is 5. The fourth-order valence-corrected chi connectivity index (χ4v) is 5.16. The fourth-order valence-electron chi connectivity index (χ4n) is 5.16. The quantitative estimate of drug-likeness (QED) is 0.250. The van der Waals surface area contributed by atoms with E-state index in [4.69, 9.17) is 0 Å². The van der Waals surface area contributed by atoms with E-state index >= 15 is 0 Å². The van der Waals surface area contributed by atoms with Crippen molar-refractivity contribution >= 4 is 27.5 Å². The Balaban J connectivity index is 1.55. The molecule has 1 heterocycles. The molecule has 1 heteroatoms. The summed E-state index contributed by atoms with van der Waals surface area (Å²) in [5, 5.41) is 2.52. The van der Waals surface area contributed by atoms with Gasteiger partial charge < -0.3 is 4.57 Å². The van der Waals surface area contributed by atoms with Gasteiger partial charge in [-0.3, -0.25) is 0 Å². The van der Waals surface area contributed by atoms with Crippen molar-refractivity contribution in [3.05, 3.63) is 127 Å². The molecule has 33 heavy (non-hydrogen) atoms. The Labute approximate surface area is 194 Å². The van der Waals surface area contributed by atoms with Crippen molar-refractivity contribution in [2.24, 2.45) is 0 Å². The number of aromatic nitrogens is 1. The molecule has 0 aliphatic heterocycles. The summed E-state index contributed by atoms with van der Waals surface area (Å²) in [7, 11) is 0. The number of fused-ring (bicyclic) bond motifs is 6. The molecule has 1 aliphatic rings. The molecular weight excluding hydrogens is 398 g/mol. The molecule has 0 fully saturated rings. The lowest BCUT2D eigenvalue weighted by Gasteiger charge is -2.09. The molecule has 0 N–H and O–H groups in total. The van der Waals surface area contributed by atoms with Crippen LogP contribution in [0.3, 0.4) is 0 Å². The third-order valence-corrected chi connectivity index (χ3v) is 6.73. The van der Waals surface area contributed by atoms with Crippen LogP contribution in [-0.2, 0) is 6.42 Å². The summed E-state index contributed by atoms with van der Waals surface area (Å²) in [6, 6.07) is 31.2. The molecule has 6 rings (SSSR count). The van der Waals surface area contributed by atoms with E-state index < -0.39 is 0 Å². The zero-order valence-corrected chi connectivity index (χ0v) is 18.8. The molecule has 1 nitrogen and oxygen atoms in total. The van der Waals surface area contributed by atoms with Crippen LogP contribution in [0.25, 0.3) is 49.8 Å². The first-order valence-electron chi connectivity index (χ1n) is 11.5. The van der Waals surface area contributed by atoms with Gasteiger partial charge in [0.15, 0.2) is 0 Å². The van der Waals surface area contributed by atoms with Gasteiger partial charge in [0.1, 0.15) is 0 Å². The maximum Gasteiger partial charge on any atom is 0.0541 e. The van der Waals surface area contributed by atoms with Gasteiger partial charge in [0.25, 0.3) is 0 Å². The van der Waals surface area contributed by atoms with E-state index in [-0.39, 0.29) is 0 Å². The zero-order chi connectivity index (χ0) is 22.4. The topological polar surface area (TPSA) is 4.93 Å². The first kappa shape index (κ1) is 19.6. The molecule has 158 valence electrons. The van der Waals surface area contributed by atoms with Crippen molar-refractivity contribution in [3.63, 3.8) is 0 Å². The Morgan fingerprint density at radius 2 is 1.48 bits per heavy atom. The Kier molecular flexibility index (Phi) is 4.62. The lowest BCUT2D eigenvalue weighted by atomic mass is 9.97. The summed E-state index contributed by atoms with van der Waals surface area (Å²) in [5.74, 6) is 0. The van der Waals surface area contributed by atoms with Crippen LogP contribution in [0.15, 0.2) is 116 Å². The van der Waals surface area contributed by atoms with E-state index in [1.807, 2.05) is 19.1 Å². The van der Waals surface area contributed by atoms with Crippen LogP contribution in [0.4, 0.5) is 0 Å². The molecule has 4 aromatic carbocycles. The van der Waals surface area contributed by atoms with Crippen LogP contribution in [0.1, 0.15) is 18.1 Å². The highest BCUT2D eigenvalue weighted by Gasteiger charge is 2.19. The standard InChI is InChI=1S/C32H25N/c1-3-5-11-26(4-2)33-31-14-9-8-13-28(31)30-21-23(17-18-32(30)33)22-15-16-25-19-24-10-6-7-12-27(24)29(25)20-22/h3-18,20-21H,2,19H2,1H3/b5-3-,26-11+. The highest BCUT2D eigenvalue weighted by atomic mass is 15.0. The monoisotopic (exact) mass is 423 g/mol. The highest BCUT2D eigenvalue weighted by Crippen LogP contribution is 2.40. The Morgan fingerprint density at radius 3 is 2.36 bits per heavy atom. The summed E-state index contributed by atoms with van der Waals surface area (Å²) in [6.45, 7) is 6.11. The predicted octanol–water partition coefficient (Wildman–Crippen LogP) is 8.64. The van der Waals surface area contributed by atoms with E-state index in [0.717, 1.165) is 12.1 Å². The second-order valence-corrected chi connectivity index (χ2v) is 8.61. The molecule has 0 radical (unpaired) electrons. The molecule has 0 atom stereocenters. The number of para-hydroxylation sites is 1. The maximum atomic E-state index is 4.08. The second-order valence-electron chi connectivity index (χ2n) is 8.61. The number of nitrogens with zero attached hydrogens (tertiary/aromatic N) is 1.